The lowest BCUT2D eigenvalue weighted by molar-refractivity contribution is 0.601. The number of sulfonamides is 1. The van der Waals surface area contributed by atoms with E-state index in [1.807, 2.05) is 6.07 Å². The number of anilines is 1. The average Bonchev–Trinajstić information content (AvgIpc) is 2.81. The van der Waals surface area contributed by atoms with Crippen molar-refractivity contribution in [3.63, 3.8) is 0 Å². The summed E-state index contributed by atoms with van der Waals surface area (Å²) in [6.07, 6.45) is 0. The summed E-state index contributed by atoms with van der Waals surface area (Å²) in [5.74, 6) is 0. The molecule has 0 atom stereocenters. The van der Waals surface area contributed by atoms with Gasteiger partial charge >= 0.3 is 0 Å². The number of nitriles is 1. The number of hydrogen-bond acceptors (Lipinski definition) is 4. The minimum absolute atomic E-state index is 0.143. The third-order valence-electron chi connectivity index (χ3n) is 2.05. The van der Waals surface area contributed by atoms with E-state index in [9.17, 15) is 8.42 Å². The molecule has 0 unspecified atom stereocenters. The SMILES string of the molecule is N#Cc1ccc(S(=O)(=O)Nc2cccs2)cc1. The number of thiophene rings is 1. The zero-order valence-corrected chi connectivity index (χ0v) is 10.3. The Bertz CT molecular complexity index is 638. The maximum atomic E-state index is 11.9. The number of hydrogen-bond donors (Lipinski definition) is 1. The molecular weight excluding hydrogens is 256 g/mol. The first-order valence-electron chi connectivity index (χ1n) is 4.68. The molecule has 0 fully saturated rings. The van der Waals surface area contributed by atoms with Gasteiger partial charge in [0.15, 0.2) is 0 Å². The average molecular weight is 264 g/mol. The van der Waals surface area contributed by atoms with E-state index in [1.54, 1.807) is 17.5 Å². The normalized spacial score (nSPS) is 10.8. The van der Waals surface area contributed by atoms with Crippen molar-refractivity contribution < 1.29 is 8.42 Å². The van der Waals surface area contributed by atoms with E-state index in [0.29, 0.717) is 10.6 Å². The van der Waals surface area contributed by atoms with E-state index in [0.717, 1.165) is 0 Å². The first-order valence-corrected chi connectivity index (χ1v) is 7.04. The molecule has 0 spiro atoms. The van der Waals surface area contributed by atoms with E-state index in [4.69, 9.17) is 5.26 Å². The maximum Gasteiger partial charge on any atom is 0.262 e. The third-order valence-corrected chi connectivity index (χ3v) is 4.35. The lowest BCUT2D eigenvalue weighted by Crippen LogP contribution is -2.11. The van der Waals surface area contributed by atoms with Crippen molar-refractivity contribution >= 4 is 26.4 Å². The summed E-state index contributed by atoms with van der Waals surface area (Å²) < 4.78 is 26.3. The zero-order chi connectivity index (χ0) is 12.3. The predicted octanol–water partition coefficient (Wildman–Crippen LogP) is 2.42. The van der Waals surface area contributed by atoms with Crippen LogP contribution in [-0.2, 0) is 10.0 Å². The molecule has 17 heavy (non-hydrogen) atoms. The molecule has 1 N–H and O–H groups in total. The van der Waals surface area contributed by atoms with Crippen LogP contribution < -0.4 is 4.72 Å². The Morgan fingerprint density at radius 1 is 1.18 bits per heavy atom. The van der Waals surface area contributed by atoms with Crippen molar-refractivity contribution in [3.05, 3.63) is 47.3 Å². The quantitative estimate of drug-likeness (QED) is 0.925. The second-order valence-corrected chi connectivity index (χ2v) is 5.85. The molecule has 1 heterocycles. The van der Waals surface area contributed by atoms with Crippen LogP contribution in [0.25, 0.3) is 0 Å². The highest BCUT2D eigenvalue weighted by Crippen LogP contribution is 2.20. The minimum Gasteiger partial charge on any atom is -0.270 e. The first kappa shape index (κ1) is 11.6. The molecule has 6 heteroatoms. The van der Waals surface area contributed by atoms with Crippen LogP contribution in [0.2, 0.25) is 0 Å². The predicted molar refractivity (Wildman–Crippen MR) is 66.3 cm³/mol. The summed E-state index contributed by atoms with van der Waals surface area (Å²) in [7, 11) is -3.56. The van der Waals surface area contributed by atoms with Crippen molar-refractivity contribution in [2.75, 3.05) is 4.72 Å². The number of rotatable bonds is 3. The molecule has 0 aliphatic heterocycles. The van der Waals surface area contributed by atoms with Gasteiger partial charge in [-0.2, -0.15) is 5.26 Å². The standard InChI is InChI=1S/C11H8N2O2S2/c12-8-9-3-5-10(6-4-9)17(14,15)13-11-2-1-7-16-11/h1-7,13H. The van der Waals surface area contributed by atoms with Gasteiger partial charge in [0, 0.05) is 0 Å². The van der Waals surface area contributed by atoms with Gasteiger partial charge in [-0.05, 0) is 41.8 Å². The van der Waals surface area contributed by atoms with Crippen LogP contribution in [0.5, 0.6) is 0 Å². The number of nitrogens with one attached hydrogen (secondary N) is 1. The fourth-order valence-electron chi connectivity index (χ4n) is 1.24. The molecule has 0 saturated heterocycles. The Labute approximate surface area is 103 Å². The fourth-order valence-corrected chi connectivity index (χ4v) is 3.16. The van der Waals surface area contributed by atoms with Gasteiger partial charge in [0.05, 0.1) is 16.5 Å². The van der Waals surface area contributed by atoms with Crippen LogP contribution in [0.4, 0.5) is 5.00 Å². The van der Waals surface area contributed by atoms with Gasteiger partial charge in [0.25, 0.3) is 10.0 Å². The largest absolute Gasteiger partial charge is 0.270 e. The van der Waals surface area contributed by atoms with Crippen molar-refractivity contribution in [1.29, 1.82) is 5.26 Å². The molecule has 1 aromatic carbocycles. The second kappa shape index (κ2) is 4.57. The van der Waals surface area contributed by atoms with Crippen molar-refractivity contribution in [3.8, 4) is 6.07 Å². The van der Waals surface area contributed by atoms with Crippen LogP contribution in [0.1, 0.15) is 5.56 Å². The molecule has 2 rings (SSSR count). The van der Waals surface area contributed by atoms with Crippen LogP contribution in [0.3, 0.4) is 0 Å². The monoisotopic (exact) mass is 264 g/mol. The van der Waals surface area contributed by atoms with Crippen molar-refractivity contribution in [1.82, 2.24) is 0 Å². The smallest absolute Gasteiger partial charge is 0.262 e. The highest BCUT2D eigenvalue weighted by atomic mass is 32.2. The Balaban J connectivity index is 2.29. The van der Waals surface area contributed by atoms with Crippen LogP contribution in [-0.4, -0.2) is 8.42 Å². The summed E-state index contributed by atoms with van der Waals surface area (Å²) in [5, 5.41) is 11.0. The Morgan fingerprint density at radius 2 is 1.88 bits per heavy atom. The van der Waals surface area contributed by atoms with Gasteiger partial charge in [0.2, 0.25) is 0 Å². The van der Waals surface area contributed by atoms with Crippen molar-refractivity contribution in [2.24, 2.45) is 0 Å². The van der Waals surface area contributed by atoms with Gasteiger partial charge in [-0.25, -0.2) is 8.42 Å². The Hall–Kier alpha value is -1.84. The third kappa shape index (κ3) is 2.64. The van der Waals surface area contributed by atoms with E-state index in [2.05, 4.69) is 4.72 Å². The van der Waals surface area contributed by atoms with Gasteiger partial charge in [-0.15, -0.1) is 11.3 Å². The van der Waals surface area contributed by atoms with E-state index in [1.165, 1.54) is 35.6 Å². The van der Waals surface area contributed by atoms with Crippen LogP contribution >= 0.6 is 11.3 Å². The van der Waals surface area contributed by atoms with Crippen LogP contribution in [0, 0.1) is 11.3 Å². The zero-order valence-electron chi connectivity index (χ0n) is 8.62. The van der Waals surface area contributed by atoms with Gasteiger partial charge < -0.3 is 0 Å². The molecule has 0 amide bonds. The lowest BCUT2D eigenvalue weighted by atomic mass is 10.2. The molecule has 0 aliphatic carbocycles. The van der Waals surface area contributed by atoms with E-state index >= 15 is 0 Å². The maximum absolute atomic E-state index is 11.9. The fraction of sp³-hybridized carbons (Fsp3) is 0. The highest BCUT2D eigenvalue weighted by molar-refractivity contribution is 7.93. The first-order chi connectivity index (χ1) is 8.12. The van der Waals surface area contributed by atoms with E-state index < -0.39 is 10.0 Å². The highest BCUT2D eigenvalue weighted by Gasteiger charge is 2.14. The number of nitrogens with zero attached hydrogens (tertiary/aromatic N) is 1. The summed E-state index contributed by atoms with van der Waals surface area (Å²) in [6, 6.07) is 11.2. The molecule has 0 saturated carbocycles. The van der Waals surface area contributed by atoms with Crippen LogP contribution in [0.15, 0.2) is 46.7 Å². The lowest BCUT2D eigenvalue weighted by Gasteiger charge is -2.05. The molecule has 86 valence electrons. The Kier molecular flexibility index (Phi) is 3.13. The molecule has 0 bridgehead atoms. The molecule has 0 aliphatic rings. The topological polar surface area (TPSA) is 70.0 Å². The van der Waals surface area contributed by atoms with Gasteiger partial charge in [0.1, 0.15) is 5.00 Å². The van der Waals surface area contributed by atoms with Crippen molar-refractivity contribution in [2.45, 2.75) is 4.90 Å². The molecule has 2 aromatic rings. The molecular formula is C11H8N2O2S2. The van der Waals surface area contributed by atoms with Gasteiger partial charge in [-0.1, -0.05) is 0 Å². The second-order valence-electron chi connectivity index (χ2n) is 3.22. The molecule has 4 nitrogen and oxygen atoms in total. The summed E-state index contributed by atoms with van der Waals surface area (Å²) in [4.78, 5) is 0.143. The Morgan fingerprint density at radius 3 is 2.41 bits per heavy atom. The summed E-state index contributed by atoms with van der Waals surface area (Å²) >= 11 is 1.31. The number of benzene rings is 1. The summed E-state index contributed by atoms with van der Waals surface area (Å²) in [5.41, 5.74) is 0.431. The molecule has 1 aromatic heterocycles. The van der Waals surface area contributed by atoms with Gasteiger partial charge in [-0.3, -0.25) is 4.72 Å². The minimum atomic E-state index is -3.56. The molecule has 0 radical (unpaired) electrons. The van der Waals surface area contributed by atoms with E-state index in [-0.39, 0.29) is 4.90 Å². The summed E-state index contributed by atoms with van der Waals surface area (Å²) in [6.45, 7) is 0.